The SMILES string of the molecule is CCCOc1ccc(-c2nonc2NC(=O)[C@@H](C)Oc2ccc(Cl)c(C)c2)cc1OCCC. The van der Waals surface area contributed by atoms with E-state index in [1.165, 1.54) is 0 Å². The Bertz CT molecular complexity index is 1090. The summed E-state index contributed by atoms with van der Waals surface area (Å²) in [5, 5.41) is 11.2. The summed E-state index contributed by atoms with van der Waals surface area (Å²) in [6.45, 7) is 8.70. The van der Waals surface area contributed by atoms with Crippen molar-refractivity contribution in [3.8, 4) is 28.5 Å². The molecule has 3 aromatic rings. The predicted octanol–water partition coefficient (Wildman–Crippen LogP) is 5.68. The lowest BCUT2D eigenvalue weighted by Crippen LogP contribution is -2.30. The highest BCUT2D eigenvalue weighted by Crippen LogP contribution is 2.34. The Morgan fingerprint density at radius 2 is 1.79 bits per heavy atom. The Morgan fingerprint density at radius 3 is 2.48 bits per heavy atom. The molecule has 0 aliphatic carbocycles. The van der Waals surface area contributed by atoms with Gasteiger partial charge in [-0.3, -0.25) is 4.79 Å². The van der Waals surface area contributed by atoms with Crippen LogP contribution in [0.15, 0.2) is 41.0 Å². The molecule has 0 aliphatic heterocycles. The van der Waals surface area contributed by atoms with Gasteiger partial charge in [0, 0.05) is 10.6 Å². The van der Waals surface area contributed by atoms with Crippen molar-refractivity contribution in [3.63, 3.8) is 0 Å². The van der Waals surface area contributed by atoms with E-state index in [4.69, 9.17) is 30.4 Å². The first-order chi connectivity index (χ1) is 15.9. The quantitative estimate of drug-likeness (QED) is 0.382. The minimum atomic E-state index is -0.789. The third-order valence-corrected chi connectivity index (χ3v) is 5.11. The number of amides is 1. The first-order valence-electron chi connectivity index (χ1n) is 10.9. The topological polar surface area (TPSA) is 95.7 Å². The summed E-state index contributed by atoms with van der Waals surface area (Å²) in [7, 11) is 0. The Morgan fingerprint density at radius 1 is 1.06 bits per heavy atom. The summed E-state index contributed by atoms with van der Waals surface area (Å²) in [4.78, 5) is 12.7. The second kappa shape index (κ2) is 11.6. The second-order valence-electron chi connectivity index (χ2n) is 7.48. The molecule has 0 aliphatic rings. The van der Waals surface area contributed by atoms with Crippen LogP contribution < -0.4 is 19.5 Å². The first-order valence-corrected chi connectivity index (χ1v) is 11.3. The van der Waals surface area contributed by atoms with Crippen LogP contribution in [0.1, 0.15) is 39.2 Å². The lowest BCUT2D eigenvalue weighted by Gasteiger charge is -2.15. The van der Waals surface area contributed by atoms with E-state index in [2.05, 4.69) is 15.6 Å². The van der Waals surface area contributed by atoms with Gasteiger partial charge in [0.2, 0.25) is 5.82 Å². The van der Waals surface area contributed by atoms with E-state index < -0.39 is 12.0 Å². The molecule has 1 aromatic heterocycles. The summed E-state index contributed by atoms with van der Waals surface area (Å²) in [5.41, 5.74) is 1.90. The van der Waals surface area contributed by atoms with Gasteiger partial charge in [-0.15, -0.1) is 0 Å². The number of anilines is 1. The van der Waals surface area contributed by atoms with Crippen molar-refractivity contribution in [2.45, 2.75) is 46.6 Å². The number of benzene rings is 2. The van der Waals surface area contributed by atoms with E-state index >= 15 is 0 Å². The highest BCUT2D eigenvalue weighted by molar-refractivity contribution is 6.31. The molecule has 33 heavy (non-hydrogen) atoms. The largest absolute Gasteiger partial charge is 0.490 e. The molecule has 0 saturated carbocycles. The molecule has 1 heterocycles. The number of halogens is 1. The number of aryl methyl sites for hydroxylation is 1. The number of ether oxygens (including phenoxy) is 3. The Balaban J connectivity index is 1.75. The van der Waals surface area contributed by atoms with Crippen LogP contribution in [0.4, 0.5) is 5.82 Å². The average Bonchev–Trinajstić information content (AvgIpc) is 3.27. The summed E-state index contributed by atoms with van der Waals surface area (Å²) in [6, 6.07) is 10.6. The number of nitrogens with one attached hydrogen (secondary N) is 1. The zero-order valence-corrected chi connectivity index (χ0v) is 19.9. The molecule has 1 atom stereocenters. The average molecular weight is 474 g/mol. The van der Waals surface area contributed by atoms with Gasteiger partial charge in [-0.25, -0.2) is 4.63 Å². The summed E-state index contributed by atoms with van der Waals surface area (Å²) < 4.78 is 22.3. The monoisotopic (exact) mass is 473 g/mol. The van der Waals surface area contributed by atoms with Crippen molar-refractivity contribution in [2.75, 3.05) is 18.5 Å². The van der Waals surface area contributed by atoms with E-state index in [1.54, 1.807) is 31.2 Å². The molecule has 1 N–H and O–H groups in total. The lowest BCUT2D eigenvalue weighted by atomic mass is 10.1. The molecular weight excluding hydrogens is 446 g/mol. The normalized spacial score (nSPS) is 11.7. The molecule has 0 radical (unpaired) electrons. The van der Waals surface area contributed by atoms with Crippen LogP contribution in [-0.2, 0) is 4.79 Å². The molecule has 176 valence electrons. The Kier molecular flexibility index (Phi) is 8.54. The lowest BCUT2D eigenvalue weighted by molar-refractivity contribution is -0.122. The molecule has 1 amide bonds. The fraction of sp³-hybridized carbons (Fsp3) is 0.375. The van der Waals surface area contributed by atoms with Crippen LogP contribution in [0.5, 0.6) is 17.2 Å². The molecule has 0 unspecified atom stereocenters. The number of carbonyl (C=O) groups is 1. The van der Waals surface area contributed by atoms with Crippen molar-refractivity contribution < 1.29 is 23.6 Å². The molecule has 2 aromatic carbocycles. The van der Waals surface area contributed by atoms with Crippen LogP contribution in [0.3, 0.4) is 0 Å². The summed E-state index contributed by atoms with van der Waals surface area (Å²) in [6.07, 6.45) is 0.951. The highest BCUT2D eigenvalue weighted by Gasteiger charge is 2.21. The molecule has 0 spiro atoms. The van der Waals surface area contributed by atoms with E-state index in [-0.39, 0.29) is 5.82 Å². The minimum Gasteiger partial charge on any atom is -0.490 e. The summed E-state index contributed by atoms with van der Waals surface area (Å²) in [5.74, 6) is 1.57. The number of hydrogen-bond acceptors (Lipinski definition) is 7. The van der Waals surface area contributed by atoms with Gasteiger partial charge in [0.05, 0.1) is 13.2 Å². The number of rotatable bonds is 11. The van der Waals surface area contributed by atoms with Crippen molar-refractivity contribution >= 4 is 23.3 Å². The first kappa shape index (κ1) is 24.4. The number of carbonyl (C=O) groups excluding carboxylic acids is 1. The van der Waals surface area contributed by atoms with E-state index in [9.17, 15) is 4.79 Å². The van der Waals surface area contributed by atoms with Crippen molar-refractivity contribution in [3.05, 3.63) is 47.0 Å². The number of nitrogens with zero attached hydrogens (tertiary/aromatic N) is 2. The second-order valence-corrected chi connectivity index (χ2v) is 7.89. The number of hydrogen-bond donors (Lipinski definition) is 1. The molecular formula is C24H28ClN3O5. The van der Waals surface area contributed by atoms with Gasteiger partial charge in [0.1, 0.15) is 5.75 Å². The Labute approximate surface area is 198 Å². The standard InChI is InChI=1S/C24H28ClN3O5/c1-5-11-30-20-10-7-17(14-21(20)31-12-6-2)22-23(28-33-27-22)26-24(29)16(4)32-18-8-9-19(25)15(3)13-18/h7-10,13-14,16H,5-6,11-12H2,1-4H3,(H,26,28,29)/t16-/m1/s1. The third-order valence-electron chi connectivity index (χ3n) is 4.68. The van der Waals surface area contributed by atoms with Gasteiger partial charge in [-0.2, -0.15) is 0 Å². The molecule has 0 bridgehead atoms. The molecule has 9 heteroatoms. The van der Waals surface area contributed by atoms with Gasteiger partial charge in [0.25, 0.3) is 5.91 Å². The minimum absolute atomic E-state index is 0.186. The van der Waals surface area contributed by atoms with E-state index in [0.717, 1.165) is 18.4 Å². The van der Waals surface area contributed by atoms with Gasteiger partial charge >= 0.3 is 0 Å². The van der Waals surface area contributed by atoms with Crippen LogP contribution in [-0.4, -0.2) is 35.5 Å². The van der Waals surface area contributed by atoms with Gasteiger partial charge < -0.3 is 19.5 Å². The van der Waals surface area contributed by atoms with Crippen molar-refractivity contribution in [2.24, 2.45) is 0 Å². The van der Waals surface area contributed by atoms with Crippen LogP contribution in [0.25, 0.3) is 11.3 Å². The predicted molar refractivity (Wildman–Crippen MR) is 126 cm³/mol. The maximum absolute atomic E-state index is 12.7. The third kappa shape index (κ3) is 6.38. The maximum atomic E-state index is 12.7. The van der Waals surface area contributed by atoms with Gasteiger partial charge in [0.15, 0.2) is 23.3 Å². The van der Waals surface area contributed by atoms with Crippen molar-refractivity contribution in [1.29, 1.82) is 0 Å². The maximum Gasteiger partial charge on any atom is 0.266 e. The van der Waals surface area contributed by atoms with Crippen LogP contribution >= 0.6 is 11.6 Å². The fourth-order valence-corrected chi connectivity index (χ4v) is 3.06. The van der Waals surface area contributed by atoms with E-state index in [1.807, 2.05) is 32.9 Å². The van der Waals surface area contributed by atoms with Crippen molar-refractivity contribution in [1.82, 2.24) is 10.3 Å². The number of aromatic nitrogens is 2. The van der Waals surface area contributed by atoms with E-state index in [0.29, 0.717) is 46.7 Å². The van der Waals surface area contributed by atoms with Gasteiger partial charge in [-0.05, 0) is 79.0 Å². The highest BCUT2D eigenvalue weighted by atomic mass is 35.5. The van der Waals surface area contributed by atoms with Crippen LogP contribution in [0.2, 0.25) is 5.02 Å². The summed E-state index contributed by atoms with van der Waals surface area (Å²) >= 11 is 6.05. The smallest absolute Gasteiger partial charge is 0.266 e. The van der Waals surface area contributed by atoms with Crippen LogP contribution in [0, 0.1) is 6.92 Å². The molecule has 3 rings (SSSR count). The molecule has 0 fully saturated rings. The fourth-order valence-electron chi connectivity index (χ4n) is 2.94. The molecule has 0 saturated heterocycles. The zero-order valence-electron chi connectivity index (χ0n) is 19.2. The molecule has 8 nitrogen and oxygen atoms in total. The Hall–Kier alpha value is -3.26. The van der Waals surface area contributed by atoms with Gasteiger partial charge in [-0.1, -0.05) is 25.4 Å². The zero-order chi connectivity index (χ0) is 23.8.